The molecule has 0 aromatic carbocycles. The van der Waals surface area contributed by atoms with Crippen molar-refractivity contribution in [1.29, 1.82) is 0 Å². The second kappa shape index (κ2) is 12.6. The number of carbonyl (C=O) groups excluding carboxylic acids is 1. The zero-order valence-corrected chi connectivity index (χ0v) is 24.7. The number of phosphoric ester groups is 2. The predicted octanol–water partition coefficient (Wildman–Crippen LogP) is -2.51. The number of nitrogens with zero attached hydrogens (tertiary/aromatic N) is 5. The number of phosphoric acid groups is 2. The van der Waals surface area contributed by atoms with Crippen LogP contribution in [0.25, 0.3) is 11.2 Å². The number of hydrogen-bond donors (Lipinski definition) is 5. The number of nitrogens with two attached hydrogens (primary N) is 1. The van der Waals surface area contributed by atoms with Crippen LogP contribution in [0.5, 0.6) is 0 Å². The summed E-state index contributed by atoms with van der Waals surface area (Å²) in [5, 5.41) is 41.8. The summed E-state index contributed by atoms with van der Waals surface area (Å²) in [7, 11) is -11.2. The van der Waals surface area contributed by atoms with Gasteiger partial charge in [0.15, 0.2) is 41.9 Å². The van der Waals surface area contributed by atoms with Crippen LogP contribution in [0, 0.1) is 5.92 Å². The Bertz CT molecular complexity index is 1630. The predicted molar refractivity (Wildman–Crippen MR) is 140 cm³/mol. The summed E-state index contributed by atoms with van der Waals surface area (Å²) in [5.74, 6) is -1.13. The van der Waals surface area contributed by atoms with Gasteiger partial charge in [-0.2, -0.15) is 4.57 Å². The molecule has 10 unspecified atom stereocenters. The highest BCUT2D eigenvalue weighted by Gasteiger charge is 2.48. The van der Waals surface area contributed by atoms with Crippen molar-refractivity contribution in [3.63, 3.8) is 0 Å². The second-order valence-corrected chi connectivity index (χ2v) is 13.3. The summed E-state index contributed by atoms with van der Waals surface area (Å²) >= 11 is 0. The number of rotatable bonds is 11. The van der Waals surface area contributed by atoms with E-state index in [1.165, 1.54) is 28.6 Å². The molecule has 1 aliphatic carbocycles. The Hall–Kier alpha value is -2.77. The number of carbonyl (C=O) groups is 1. The average molecular weight is 659 g/mol. The summed E-state index contributed by atoms with van der Waals surface area (Å²) in [6.07, 6.45) is -3.40. The standard InChI is InChI=1S/C23H30N6O13P2/c1-11(30)12-3-2-4-28(6-12)14-5-13(17(31)18(14)32)7-39-43(35,36)42-44(37,38)40-8-15-19(33)20(34)23(41-15)29-10-27-16-21(24)25-9-26-22(16)29/h2-4,6,9-10,13-15,17-20,23,31-34H,5,7-8H2,1H3,(H3-,24,25,26,35,36,37,38)/p-1. The highest BCUT2D eigenvalue weighted by molar-refractivity contribution is 7.59. The molecule has 6 N–H and O–H groups in total. The Morgan fingerprint density at radius 2 is 1.80 bits per heavy atom. The molecule has 0 bridgehead atoms. The van der Waals surface area contributed by atoms with E-state index in [0.717, 1.165) is 6.33 Å². The van der Waals surface area contributed by atoms with Gasteiger partial charge in [0, 0.05) is 18.4 Å². The van der Waals surface area contributed by atoms with Gasteiger partial charge in [-0.3, -0.25) is 18.5 Å². The maximum atomic E-state index is 12.3. The van der Waals surface area contributed by atoms with Gasteiger partial charge >= 0.3 is 0 Å². The first-order valence-corrected chi connectivity index (χ1v) is 16.0. The van der Waals surface area contributed by atoms with Crippen LogP contribution >= 0.6 is 15.6 Å². The number of ether oxygens (including phenoxy) is 1. The summed E-state index contributed by atoms with van der Waals surface area (Å²) in [6.45, 7) is -0.335. The van der Waals surface area contributed by atoms with Crippen molar-refractivity contribution >= 4 is 38.4 Å². The van der Waals surface area contributed by atoms with E-state index in [2.05, 4.69) is 28.3 Å². The number of nitrogen functional groups attached to an aromatic ring is 1. The monoisotopic (exact) mass is 659 g/mol. The number of imidazole rings is 1. The third-order valence-electron chi connectivity index (χ3n) is 7.43. The minimum Gasteiger partial charge on any atom is -0.756 e. The fourth-order valence-electron chi connectivity index (χ4n) is 5.14. The number of ketones is 1. The molecule has 44 heavy (non-hydrogen) atoms. The first kappa shape index (κ1) is 32.6. The molecule has 4 heterocycles. The Labute approximate surface area is 248 Å². The van der Waals surface area contributed by atoms with Crippen LogP contribution in [0.1, 0.15) is 36.0 Å². The molecule has 2 fully saturated rings. The van der Waals surface area contributed by atoms with Crippen molar-refractivity contribution in [3.8, 4) is 0 Å². The van der Waals surface area contributed by atoms with Crippen molar-refractivity contribution in [3.05, 3.63) is 42.7 Å². The summed E-state index contributed by atoms with van der Waals surface area (Å²) in [4.78, 5) is 48.2. The Kier molecular flexibility index (Phi) is 9.31. The highest BCUT2D eigenvalue weighted by atomic mass is 31.3. The molecule has 10 atom stereocenters. The number of aromatic nitrogens is 5. The van der Waals surface area contributed by atoms with Gasteiger partial charge in [-0.05, 0) is 13.0 Å². The number of hydrogen-bond acceptors (Lipinski definition) is 17. The van der Waals surface area contributed by atoms with E-state index in [-0.39, 0.29) is 29.2 Å². The first-order valence-electron chi connectivity index (χ1n) is 13.1. The van der Waals surface area contributed by atoms with Gasteiger partial charge in [0.1, 0.15) is 36.3 Å². The molecule has 1 saturated carbocycles. The number of aliphatic hydroxyl groups is 4. The maximum Gasteiger partial charge on any atom is 0.274 e. The van der Waals surface area contributed by atoms with Crippen LogP contribution in [0.2, 0.25) is 0 Å². The van der Waals surface area contributed by atoms with Crippen LogP contribution in [0.15, 0.2) is 37.2 Å². The molecule has 5 rings (SSSR count). The van der Waals surface area contributed by atoms with E-state index >= 15 is 0 Å². The first-order chi connectivity index (χ1) is 20.7. The lowest BCUT2D eigenvalue weighted by Gasteiger charge is -2.32. The molecule has 1 saturated heterocycles. The van der Waals surface area contributed by atoms with Crippen molar-refractivity contribution in [2.45, 2.75) is 56.1 Å². The molecule has 2 aliphatic rings. The van der Waals surface area contributed by atoms with E-state index < -0.39 is 77.6 Å². The minimum atomic E-state index is -5.63. The van der Waals surface area contributed by atoms with Gasteiger partial charge in [0.05, 0.1) is 31.2 Å². The second-order valence-electron chi connectivity index (χ2n) is 10.3. The lowest BCUT2D eigenvalue weighted by atomic mass is 10.1. The highest BCUT2D eigenvalue weighted by Crippen LogP contribution is 2.56. The summed E-state index contributed by atoms with van der Waals surface area (Å²) in [5.41, 5.74) is 6.45. The topological polar surface area (TPSA) is 289 Å². The maximum absolute atomic E-state index is 12.3. The molecule has 3 aromatic rings. The molecular formula is C23H29N6O13P2-. The Morgan fingerprint density at radius 3 is 2.50 bits per heavy atom. The molecule has 0 radical (unpaired) electrons. The largest absolute Gasteiger partial charge is 0.756 e. The Balaban J connectivity index is 1.16. The van der Waals surface area contributed by atoms with Gasteiger partial charge in [0.25, 0.3) is 15.6 Å². The third-order valence-corrected chi connectivity index (χ3v) is 9.96. The van der Waals surface area contributed by atoms with Crippen molar-refractivity contribution < 1.29 is 66.8 Å². The number of anilines is 1. The van der Waals surface area contributed by atoms with Crippen molar-refractivity contribution in [2.24, 2.45) is 5.92 Å². The SMILES string of the molecule is CC(=O)c1ccc[n+](C2CC(COP(=O)([O-])OP(=O)([O-])OCC3OC(n4cnc5c(N)ncnc54)C(O)C3O)C(O)C2O)c1. The van der Waals surface area contributed by atoms with E-state index in [1.807, 2.05) is 0 Å². The minimum absolute atomic E-state index is 0.0190. The van der Waals surface area contributed by atoms with Gasteiger partial charge in [0.2, 0.25) is 0 Å². The number of pyridine rings is 1. The van der Waals surface area contributed by atoms with Crippen LogP contribution in [0.3, 0.4) is 0 Å². The summed E-state index contributed by atoms with van der Waals surface area (Å²) < 4.78 is 46.3. The summed E-state index contributed by atoms with van der Waals surface area (Å²) in [6, 6.07) is 2.41. The van der Waals surface area contributed by atoms with E-state index in [9.17, 15) is 44.1 Å². The molecule has 0 spiro atoms. The fraction of sp³-hybridized carbons (Fsp3) is 0.522. The van der Waals surface area contributed by atoms with E-state index in [1.54, 1.807) is 18.3 Å². The van der Waals surface area contributed by atoms with Crippen LogP contribution in [0.4, 0.5) is 5.82 Å². The number of Topliss-reactive ketones (excluding diaryl/α,β-unsaturated/α-hetero) is 1. The van der Waals surface area contributed by atoms with Gasteiger partial charge < -0.3 is 49.7 Å². The van der Waals surface area contributed by atoms with Crippen LogP contribution < -0.4 is 20.1 Å². The van der Waals surface area contributed by atoms with Crippen LogP contribution in [-0.2, 0) is 27.2 Å². The van der Waals surface area contributed by atoms with Gasteiger partial charge in [-0.1, -0.05) is 0 Å². The fourth-order valence-corrected chi connectivity index (χ4v) is 7.20. The molecule has 21 heteroatoms. The van der Waals surface area contributed by atoms with Crippen LogP contribution in [-0.4, -0.2) is 89.5 Å². The lowest BCUT2D eigenvalue weighted by molar-refractivity contribution is -0.728. The van der Waals surface area contributed by atoms with Crippen molar-refractivity contribution in [2.75, 3.05) is 18.9 Å². The molecule has 3 aromatic heterocycles. The average Bonchev–Trinajstić information content (AvgIpc) is 3.61. The zero-order chi connectivity index (χ0) is 32.0. The van der Waals surface area contributed by atoms with Crippen molar-refractivity contribution in [1.82, 2.24) is 19.5 Å². The van der Waals surface area contributed by atoms with E-state index in [4.69, 9.17) is 10.5 Å². The normalized spacial score (nSPS) is 31.6. The van der Waals surface area contributed by atoms with E-state index in [0.29, 0.717) is 5.56 Å². The quantitative estimate of drug-likeness (QED) is 0.0806. The Morgan fingerprint density at radius 1 is 1.09 bits per heavy atom. The third kappa shape index (κ3) is 6.74. The molecule has 19 nitrogen and oxygen atoms in total. The lowest BCUT2D eigenvalue weighted by Crippen LogP contribution is -2.45. The smallest absolute Gasteiger partial charge is 0.274 e. The molecular weight excluding hydrogens is 630 g/mol. The number of fused-ring (bicyclic) bond motifs is 1. The zero-order valence-electron chi connectivity index (χ0n) is 22.9. The van der Waals surface area contributed by atoms with Gasteiger partial charge in [-0.25, -0.2) is 19.3 Å². The van der Waals surface area contributed by atoms with Gasteiger partial charge in [-0.15, -0.1) is 0 Å². The molecule has 240 valence electrons. The number of aliphatic hydroxyl groups excluding tert-OH is 4. The molecule has 0 amide bonds. The molecule has 1 aliphatic heterocycles.